The number of carbonyl (C=O) groups excluding carboxylic acids is 1. The minimum atomic E-state index is -0.349. The highest BCUT2D eigenvalue weighted by atomic mass is 35.5. The van der Waals surface area contributed by atoms with Gasteiger partial charge >= 0.3 is 0 Å². The molecule has 1 saturated heterocycles. The van der Waals surface area contributed by atoms with E-state index in [1.54, 1.807) is 41.4 Å². The number of aromatic nitrogens is 3. The van der Waals surface area contributed by atoms with Crippen molar-refractivity contribution in [1.82, 2.24) is 9.55 Å². The number of nitrogens with two attached hydrogens (primary N) is 1. The minimum Gasteiger partial charge on any atom is -0.495 e. The maximum Gasteiger partial charge on any atom is 0.257 e. The lowest BCUT2D eigenvalue weighted by atomic mass is 9.89. The molecule has 1 saturated carbocycles. The number of ether oxygens (including phenoxy) is 1. The zero-order chi connectivity index (χ0) is 29.4. The molecule has 3 heterocycles. The van der Waals surface area contributed by atoms with E-state index in [0.29, 0.717) is 33.9 Å². The standard InChI is InChI=1S/C31H35Cl2N7O2/c1-38-11-13-39(14-12-38)21-5-7-22(8-6-21)40-17-24(28-29(34)35-18-36-30(28)40)19-3-10-26(27(15-19)42-2)37-31(41)23-9-4-20(32)16-25(23)33/h3-4,9-10,15-18,21-22H,5-8,11-14H2,1-2H3,(H,37,41)(H2,34,35,36)/p+3. The van der Waals surface area contributed by atoms with E-state index < -0.39 is 0 Å². The molecule has 0 unspecified atom stereocenters. The number of aromatic amines is 1. The molecular weight excluding hydrogens is 573 g/mol. The maximum absolute atomic E-state index is 13.0. The molecule has 4 aromatic rings. The van der Waals surface area contributed by atoms with E-state index in [9.17, 15) is 4.79 Å². The number of carbonyl (C=O) groups is 1. The summed E-state index contributed by atoms with van der Waals surface area (Å²) in [4.78, 5) is 24.2. The summed E-state index contributed by atoms with van der Waals surface area (Å²) in [5.74, 6) is 0.651. The molecule has 0 atom stereocenters. The van der Waals surface area contributed by atoms with Gasteiger partial charge in [0.2, 0.25) is 17.8 Å². The molecule has 2 aliphatic rings. The third-order valence-corrected chi connectivity index (χ3v) is 9.59. The number of methoxy groups -OCH3 is 1. The van der Waals surface area contributed by atoms with Crippen molar-refractivity contribution in [2.75, 3.05) is 51.4 Å². The van der Waals surface area contributed by atoms with Crippen molar-refractivity contribution in [1.29, 1.82) is 0 Å². The normalized spacial score (nSPS) is 22.7. The third-order valence-electron chi connectivity index (χ3n) is 9.04. The summed E-state index contributed by atoms with van der Waals surface area (Å²) < 4.78 is 8.06. The Morgan fingerprint density at radius 2 is 1.86 bits per heavy atom. The number of hydrogen-bond donors (Lipinski definition) is 4. The number of H-pyrrole nitrogens is 1. The fraction of sp³-hybridized carbons (Fsp3) is 0.387. The fourth-order valence-electron chi connectivity index (χ4n) is 6.66. The number of nitrogen functional groups attached to an aromatic ring is 1. The van der Waals surface area contributed by atoms with Crippen LogP contribution >= 0.6 is 23.2 Å². The fourth-order valence-corrected chi connectivity index (χ4v) is 7.15. The van der Waals surface area contributed by atoms with Gasteiger partial charge in [-0.2, -0.15) is 0 Å². The van der Waals surface area contributed by atoms with Gasteiger partial charge in [-0.25, -0.2) is 4.98 Å². The molecule has 2 fully saturated rings. The molecule has 6 rings (SSSR count). The van der Waals surface area contributed by atoms with Gasteiger partial charge in [0.1, 0.15) is 37.3 Å². The van der Waals surface area contributed by atoms with Crippen molar-refractivity contribution in [3.63, 3.8) is 0 Å². The van der Waals surface area contributed by atoms with Gasteiger partial charge in [-0.15, -0.1) is 0 Å². The van der Waals surface area contributed by atoms with Gasteiger partial charge in [-0.05, 0) is 48.7 Å². The van der Waals surface area contributed by atoms with Gasteiger partial charge < -0.3 is 25.6 Å². The van der Waals surface area contributed by atoms with Crippen LogP contribution in [0.1, 0.15) is 42.1 Å². The van der Waals surface area contributed by atoms with Crippen LogP contribution in [0, 0.1) is 0 Å². The molecule has 220 valence electrons. The average molecular weight is 612 g/mol. The van der Waals surface area contributed by atoms with Gasteiger partial charge in [-0.1, -0.05) is 34.3 Å². The van der Waals surface area contributed by atoms with Gasteiger partial charge in [0.05, 0.1) is 48.7 Å². The molecule has 42 heavy (non-hydrogen) atoms. The van der Waals surface area contributed by atoms with Gasteiger partial charge in [0.25, 0.3) is 5.91 Å². The van der Waals surface area contributed by atoms with Crippen LogP contribution in [0.2, 0.25) is 10.0 Å². The number of likely N-dealkylation sites (N-methyl/N-ethyl adjacent to an activating group) is 1. The molecule has 11 heteroatoms. The summed E-state index contributed by atoms with van der Waals surface area (Å²) in [7, 11) is 3.88. The number of anilines is 2. The van der Waals surface area contributed by atoms with Crippen molar-refractivity contribution in [3.05, 3.63) is 64.5 Å². The second-order valence-electron chi connectivity index (χ2n) is 11.6. The lowest BCUT2D eigenvalue weighted by Gasteiger charge is -2.36. The van der Waals surface area contributed by atoms with E-state index >= 15 is 0 Å². The molecule has 1 aliphatic heterocycles. The van der Waals surface area contributed by atoms with Crippen molar-refractivity contribution < 1.29 is 24.3 Å². The SMILES string of the molecule is COc1cc(-c2cn(C3CCC([NH+]4CC[NH+](C)CC4)CC3)c3[nH+]cnc(N)c23)ccc1NC(=O)c1ccc(Cl)cc1Cl. The van der Waals surface area contributed by atoms with Crippen LogP contribution in [0.25, 0.3) is 22.2 Å². The monoisotopic (exact) mass is 610 g/mol. The summed E-state index contributed by atoms with van der Waals surface area (Å²) in [6.07, 6.45) is 8.59. The van der Waals surface area contributed by atoms with E-state index in [-0.39, 0.29) is 10.9 Å². The highest BCUT2D eigenvalue weighted by Gasteiger charge is 2.35. The Morgan fingerprint density at radius 3 is 2.57 bits per heavy atom. The predicted octanol–water partition coefficient (Wildman–Crippen LogP) is 2.56. The number of hydrogen-bond acceptors (Lipinski definition) is 4. The molecule has 0 radical (unpaired) electrons. The van der Waals surface area contributed by atoms with Crippen molar-refractivity contribution in [2.45, 2.75) is 37.8 Å². The van der Waals surface area contributed by atoms with Crippen LogP contribution in [0.3, 0.4) is 0 Å². The molecular formula is C31H38Cl2N7O2+3. The lowest BCUT2D eigenvalue weighted by molar-refractivity contribution is -1.02. The Kier molecular flexibility index (Phi) is 8.27. The topological polar surface area (TPSA) is 105 Å². The zero-order valence-corrected chi connectivity index (χ0v) is 25.5. The summed E-state index contributed by atoms with van der Waals surface area (Å²) in [6.45, 7) is 5.09. The Morgan fingerprint density at radius 1 is 1.10 bits per heavy atom. The maximum atomic E-state index is 13.0. The Labute approximate surface area is 255 Å². The number of quaternary nitrogens is 2. The molecule has 2 aromatic heterocycles. The first-order chi connectivity index (χ1) is 20.3. The Hall–Kier alpha value is -3.37. The minimum absolute atomic E-state index is 0.280. The number of halogens is 2. The molecule has 0 spiro atoms. The number of piperazine rings is 1. The highest BCUT2D eigenvalue weighted by Crippen LogP contribution is 2.39. The summed E-state index contributed by atoms with van der Waals surface area (Å²) in [6, 6.07) is 11.6. The van der Waals surface area contributed by atoms with Crippen LogP contribution in [0.15, 0.2) is 48.9 Å². The van der Waals surface area contributed by atoms with Crippen LogP contribution in [0.5, 0.6) is 5.75 Å². The lowest BCUT2D eigenvalue weighted by Crippen LogP contribution is -3.28. The summed E-state index contributed by atoms with van der Waals surface area (Å²) in [5.41, 5.74) is 10.2. The molecule has 2 aromatic carbocycles. The largest absolute Gasteiger partial charge is 0.495 e. The number of amides is 1. The zero-order valence-electron chi connectivity index (χ0n) is 24.0. The predicted molar refractivity (Wildman–Crippen MR) is 166 cm³/mol. The number of nitrogens with zero attached hydrogens (tertiary/aromatic N) is 2. The first-order valence-electron chi connectivity index (χ1n) is 14.6. The van der Waals surface area contributed by atoms with Crippen LogP contribution in [-0.2, 0) is 0 Å². The Balaban J connectivity index is 1.26. The molecule has 1 amide bonds. The molecule has 6 N–H and O–H groups in total. The van der Waals surface area contributed by atoms with E-state index in [2.05, 4.69) is 33.1 Å². The van der Waals surface area contributed by atoms with Gasteiger partial charge in [0, 0.05) is 23.4 Å². The number of benzene rings is 2. The molecule has 1 aliphatic carbocycles. The number of fused-ring (bicyclic) bond motifs is 1. The van der Waals surface area contributed by atoms with Gasteiger partial charge in [-0.3, -0.25) is 9.36 Å². The number of nitrogens with one attached hydrogen (secondary N) is 4. The van der Waals surface area contributed by atoms with E-state index in [1.807, 2.05) is 18.2 Å². The smallest absolute Gasteiger partial charge is 0.257 e. The molecule has 9 nitrogen and oxygen atoms in total. The molecule has 0 bridgehead atoms. The first-order valence-corrected chi connectivity index (χ1v) is 15.4. The van der Waals surface area contributed by atoms with Crippen molar-refractivity contribution in [3.8, 4) is 16.9 Å². The van der Waals surface area contributed by atoms with E-state index in [4.69, 9.17) is 33.7 Å². The van der Waals surface area contributed by atoms with E-state index in [1.165, 1.54) is 39.0 Å². The third kappa shape index (κ3) is 5.66. The Bertz CT molecular complexity index is 1610. The first kappa shape index (κ1) is 28.7. The second-order valence-corrected chi connectivity index (χ2v) is 12.4. The van der Waals surface area contributed by atoms with Crippen molar-refractivity contribution >= 4 is 51.6 Å². The van der Waals surface area contributed by atoms with Gasteiger partial charge in [0.15, 0.2) is 0 Å². The van der Waals surface area contributed by atoms with Crippen LogP contribution < -0.4 is 30.6 Å². The van der Waals surface area contributed by atoms with Crippen LogP contribution in [0.4, 0.5) is 11.5 Å². The van der Waals surface area contributed by atoms with Crippen molar-refractivity contribution in [2.24, 2.45) is 0 Å². The highest BCUT2D eigenvalue weighted by molar-refractivity contribution is 6.37. The second kappa shape index (κ2) is 12.1. The summed E-state index contributed by atoms with van der Waals surface area (Å²) >= 11 is 12.3. The number of rotatable bonds is 6. The van der Waals surface area contributed by atoms with E-state index in [0.717, 1.165) is 41.0 Å². The quantitative estimate of drug-likeness (QED) is 0.269. The summed E-state index contributed by atoms with van der Waals surface area (Å²) in [5, 5.41) is 4.55. The van der Waals surface area contributed by atoms with Crippen LogP contribution in [-0.4, -0.2) is 61.8 Å². The average Bonchev–Trinajstić information content (AvgIpc) is 3.39.